The molecule has 0 aliphatic carbocycles. The highest BCUT2D eigenvalue weighted by atomic mass is 35.5. The summed E-state index contributed by atoms with van der Waals surface area (Å²) >= 11 is 5.96. The van der Waals surface area contributed by atoms with Gasteiger partial charge in [-0.2, -0.15) is 5.26 Å². The molecule has 0 bridgehead atoms. The molecule has 0 aliphatic heterocycles. The van der Waals surface area contributed by atoms with Gasteiger partial charge in [-0.15, -0.1) is 0 Å². The van der Waals surface area contributed by atoms with Crippen LogP contribution in [0.5, 0.6) is 5.75 Å². The van der Waals surface area contributed by atoms with Crippen molar-refractivity contribution in [3.05, 3.63) is 58.6 Å². The summed E-state index contributed by atoms with van der Waals surface area (Å²) in [5.41, 5.74) is 2.53. The molecule has 0 fully saturated rings. The molecule has 0 unspecified atom stereocenters. The van der Waals surface area contributed by atoms with Gasteiger partial charge < -0.3 is 10.1 Å². The molecule has 2 rings (SSSR count). The van der Waals surface area contributed by atoms with Crippen molar-refractivity contribution in [1.82, 2.24) is 0 Å². The number of aryl methyl sites for hydroxylation is 1. The molecule has 0 saturated heterocycles. The van der Waals surface area contributed by atoms with Gasteiger partial charge in [-0.3, -0.25) is 0 Å². The number of nitrogens with zero attached hydrogens (tertiary/aromatic N) is 1. The molecule has 0 heterocycles. The highest BCUT2D eigenvalue weighted by molar-refractivity contribution is 6.32. The lowest BCUT2D eigenvalue weighted by atomic mass is 10.2. The van der Waals surface area contributed by atoms with Gasteiger partial charge in [0.25, 0.3) is 0 Å². The number of nitriles is 1. The van der Waals surface area contributed by atoms with E-state index < -0.39 is 0 Å². The predicted octanol–water partition coefficient (Wildman–Crippen LogP) is 4.01. The fourth-order valence-electron chi connectivity index (χ4n) is 1.79. The minimum absolute atomic E-state index is 0.456. The molecular weight excluding hydrogens is 272 g/mol. The SMILES string of the molecule is Cc1cccc(OCCNc2ccc(C#N)c(Cl)c2)c1. The smallest absolute Gasteiger partial charge is 0.119 e. The van der Waals surface area contributed by atoms with Crippen LogP contribution in [0.4, 0.5) is 5.69 Å². The fourth-order valence-corrected chi connectivity index (χ4v) is 2.01. The first-order chi connectivity index (χ1) is 9.69. The van der Waals surface area contributed by atoms with Crippen LogP contribution >= 0.6 is 11.6 Å². The number of benzene rings is 2. The molecule has 0 aromatic heterocycles. The predicted molar refractivity (Wildman–Crippen MR) is 81.3 cm³/mol. The lowest BCUT2D eigenvalue weighted by molar-refractivity contribution is 0.332. The van der Waals surface area contributed by atoms with Crippen molar-refractivity contribution < 1.29 is 4.74 Å². The Labute approximate surface area is 123 Å². The van der Waals surface area contributed by atoms with Gasteiger partial charge in [-0.1, -0.05) is 23.7 Å². The molecule has 4 heteroatoms. The largest absolute Gasteiger partial charge is 0.492 e. The Morgan fingerprint density at radius 1 is 1.25 bits per heavy atom. The van der Waals surface area contributed by atoms with E-state index in [-0.39, 0.29) is 0 Å². The summed E-state index contributed by atoms with van der Waals surface area (Å²) in [6.45, 7) is 3.25. The zero-order valence-electron chi connectivity index (χ0n) is 11.2. The summed E-state index contributed by atoms with van der Waals surface area (Å²) in [5, 5.41) is 12.5. The van der Waals surface area contributed by atoms with Crippen molar-refractivity contribution in [2.45, 2.75) is 6.92 Å². The Kier molecular flexibility index (Phi) is 4.86. The Balaban J connectivity index is 1.82. The molecule has 0 aliphatic rings. The molecule has 0 amide bonds. The summed E-state index contributed by atoms with van der Waals surface area (Å²) in [6, 6.07) is 15.2. The summed E-state index contributed by atoms with van der Waals surface area (Å²) in [6.07, 6.45) is 0. The minimum Gasteiger partial charge on any atom is -0.492 e. The molecule has 3 nitrogen and oxygen atoms in total. The summed E-state index contributed by atoms with van der Waals surface area (Å²) in [4.78, 5) is 0. The van der Waals surface area contributed by atoms with Gasteiger partial charge in [0.1, 0.15) is 18.4 Å². The zero-order chi connectivity index (χ0) is 14.4. The number of nitrogens with one attached hydrogen (secondary N) is 1. The van der Waals surface area contributed by atoms with Gasteiger partial charge >= 0.3 is 0 Å². The first-order valence-electron chi connectivity index (χ1n) is 6.32. The maximum atomic E-state index is 8.80. The third-order valence-electron chi connectivity index (χ3n) is 2.78. The van der Waals surface area contributed by atoms with Crippen LogP contribution in [0.3, 0.4) is 0 Å². The first-order valence-corrected chi connectivity index (χ1v) is 6.70. The monoisotopic (exact) mass is 286 g/mol. The molecule has 0 radical (unpaired) electrons. The topological polar surface area (TPSA) is 45.0 Å². The van der Waals surface area contributed by atoms with E-state index in [4.69, 9.17) is 21.6 Å². The third kappa shape index (κ3) is 3.91. The molecular formula is C16H15ClN2O. The standard InChI is InChI=1S/C16H15ClN2O/c1-12-3-2-4-15(9-12)20-8-7-19-14-6-5-13(11-18)16(17)10-14/h2-6,9-10,19H,7-8H2,1H3. The van der Waals surface area contributed by atoms with Crippen molar-refractivity contribution >= 4 is 17.3 Å². The van der Waals surface area contributed by atoms with Gasteiger partial charge in [-0.05, 0) is 42.8 Å². The molecule has 2 aromatic carbocycles. The van der Waals surface area contributed by atoms with Crippen molar-refractivity contribution in [3.63, 3.8) is 0 Å². The van der Waals surface area contributed by atoms with Crippen molar-refractivity contribution in [2.24, 2.45) is 0 Å². The molecule has 0 atom stereocenters. The Morgan fingerprint density at radius 2 is 2.10 bits per heavy atom. The van der Waals surface area contributed by atoms with Crippen LogP contribution < -0.4 is 10.1 Å². The van der Waals surface area contributed by atoms with Crippen LogP contribution in [-0.4, -0.2) is 13.2 Å². The molecule has 2 aromatic rings. The number of ether oxygens (including phenoxy) is 1. The molecule has 0 spiro atoms. The maximum absolute atomic E-state index is 8.80. The van der Waals surface area contributed by atoms with Crippen LogP contribution in [0, 0.1) is 18.3 Å². The number of hydrogen-bond acceptors (Lipinski definition) is 3. The quantitative estimate of drug-likeness (QED) is 0.845. The normalized spacial score (nSPS) is 9.85. The second-order valence-corrected chi connectivity index (χ2v) is 4.81. The number of halogens is 1. The number of hydrogen-bond donors (Lipinski definition) is 1. The van der Waals surface area contributed by atoms with E-state index in [1.165, 1.54) is 5.56 Å². The zero-order valence-corrected chi connectivity index (χ0v) is 11.9. The summed E-state index contributed by atoms with van der Waals surface area (Å²) < 4.78 is 5.64. The Morgan fingerprint density at radius 3 is 2.80 bits per heavy atom. The minimum atomic E-state index is 0.456. The van der Waals surface area contributed by atoms with Gasteiger partial charge in [0, 0.05) is 12.2 Å². The van der Waals surface area contributed by atoms with Gasteiger partial charge in [0.15, 0.2) is 0 Å². The summed E-state index contributed by atoms with van der Waals surface area (Å²) in [5.74, 6) is 0.865. The van der Waals surface area contributed by atoms with Crippen LogP contribution in [0.2, 0.25) is 5.02 Å². The first kappa shape index (κ1) is 14.2. The van der Waals surface area contributed by atoms with E-state index in [0.717, 1.165) is 11.4 Å². The van der Waals surface area contributed by atoms with Crippen molar-refractivity contribution in [2.75, 3.05) is 18.5 Å². The van der Waals surface area contributed by atoms with Crippen LogP contribution in [0.15, 0.2) is 42.5 Å². The molecule has 0 saturated carbocycles. The van der Waals surface area contributed by atoms with E-state index in [9.17, 15) is 0 Å². The highest BCUT2D eigenvalue weighted by Crippen LogP contribution is 2.20. The van der Waals surface area contributed by atoms with Gasteiger partial charge in [0.2, 0.25) is 0 Å². The Bertz CT molecular complexity index is 635. The van der Waals surface area contributed by atoms with E-state index in [1.807, 2.05) is 43.3 Å². The van der Waals surface area contributed by atoms with E-state index in [2.05, 4.69) is 5.32 Å². The second kappa shape index (κ2) is 6.83. The molecule has 102 valence electrons. The average molecular weight is 287 g/mol. The van der Waals surface area contributed by atoms with Crippen LogP contribution in [0.25, 0.3) is 0 Å². The van der Waals surface area contributed by atoms with Gasteiger partial charge in [-0.25, -0.2) is 0 Å². The van der Waals surface area contributed by atoms with Crippen LogP contribution in [0.1, 0.15) is 11.1 Å². The molecule has 20 heavy (non-hydrogen) atoms. The van der Waals surface area contributed by atoms with E-state index >= 15 is 0 Å². The highest BCUT2D eigenvalue weighted by Gasteiger charge is 2.00. The van der Waals surface area contributed by atoms with Crippen molar-refractivity contribution in [1.29, 1.82) is 5.26 Å². The Hall–Kier alpha value is -2.18. The fraction of sp³-hybridized carbons (Fsp3) is 0.188. The van der Waals surface area contributed by atoms with Crippen molar-refractivity contribution in [3.8, 4) is 11.8 Å². The number of anilines is 1. The summed E-state index contributed by atoms with van der Waals surface area (Å²) in [7, 11) is 0. The number of rotatable bonds is 5. The lowest BCUT2D eigenvalue weighted by Crippen LogP contribution is -2.11. The maximum Gasteiger partial charge on any atom is 0.119 e. The van der Waals surface area contributed by atoms with E-state index in [1.54, 1.807) is 12.1 Å². The average Bonchev–Trinajstić information content (AvgIpc) is 2.44. The van der Waals surface area contributed by atoms with Crippen LogP contribution in [-0.2, 0) is 0 Å². The lowest BCUT2D eigenvalue weighted by Gasteiger charge is -2.09. The second-order valence-electron chi connectivity index (χ2n) is 4.40. The van der Waals surface area contributed by atoms with Gasteiger partial charge in [0.05, 0.1) is 10.6 Å². The van der Waals surface area contributed by atoms with E-state index in [0.29, 0.717) is 23.7 Å². The third-order valence-corrected chi connectivity index (χ3v) is 3.09. The molecule has 1 N–H and O–H groups in total.